The molecule has 2 aromatic heterocycles. The van der Waals surface area contributed by atoms with Crippen molar-refractivity contribution in [2.45, 2.75) is 25.5 Å². The molecule has 0 saturated carbocycles. The fourth-order valence-corrected chi connectivity index (χ4v) is 2.21. The van der Waals surface area contributed by atoms with Crippen LogP contribution in [0.2, 0.25) is 0 Å². The van der Waals surface area contributed by atoms with E-state index in [1.807, 2.05) is 13.0 Å². The Morgan fingerprint density at radius 1 is 1.42 bits per heavy atom. The molecule has 1 aliphatic carbocycles. The second kappa shape index (κ2) is 4.43. The number of rotatable bonds is 2. The molecule has 2 aromatic rings. The van der Waals surface area contributed by atoms with Gasteiger partial charge in [-0.15, -0.1) is 0 Å². The lowest BCUT2D eigenvalue weighted by atomic mass is 10.2. The van der Waals surface area contributed by atoms with Gasteiger partial charge in [-0.25, -0.2) is 14.5 Å². The van der Waals surface area contributed by atoms with Crippen molar-refractivity contribution in [2.24, 2.45) is 0 Å². The van der Waals surface area contributed by atoms with Gasteiger partial charge in [0.15, 0.2) is 5.82 Å². The van der Waals surface area contributed by atoms with Crippen molar-refractivity contribution < 1.29 is 5.11 Å². The van der Waals surface area contributed by atoms with E-state index in [2.05, 4.69) is 15.1 Å². The Balaban J connectivity index is 2.04. The van der Waals surface area contributed by atoms with E-state index >= 15 is 0 Å². The van der Waals surface area contributed by atoms with Gasteiger partial charge in [0.2, 0.25) is 0 Å². The second-order valence-electron chi connectivity index (χ2n) is 4.53. The summed E-state index contributed by atoms with van der Waals surface area (Å²) in [6.45, 7) is 1.86. The molecule has 7 nitrogen and oxygen atoms in total. The van der Waals surface area contributed by atoms with Crippen molar-refractivity contribution in [3.05, 3.63) is 47.1 Å². The van der Waals surface area contributed by atoms with E-state index in [0.717, 1.165) is 5.56 Å². The van der Waals surface area contributed by atoms with Crippen molar-refractivity contribution in [1.29, 1.82) is 0 Å². The van der Waals surface area contributed by atoms with Crippen molar-refractivity contribution >= 4 is 0 Å². The Morgan fingerprint density at radius 2 is 2.26 bits per heavy atom. The zero-order valence-corrected chi connectivity index (χ0v) is 10.3. The summed E-state index contributed by atoms with van der Waals surface area (Å²) < 4.78 is 2.99. The first kappa shape index (κ1) is 11.8. The minimum Gasteiger partial charge on any atom is -0.389 e. The number of nitrogens with zero attached hydrogens (tertiary/aromatic N) is 5. The summed E-state index contributed by atoms with van der Waals surface area (Å²) in [5.74, 6) is 0.473. The maximum Gasteiger partial charge on any atom is 0.350 e. The van der Waals surface area contributed by atoms with Crippen LogP contribution in [0.15, 0.2) is 35.8 Å². The molecule has 0 fully saturated rings. The molecule has 0 aliphatic heterocycles. The quantitative estimate of drug-likeness (QED) is 0.767. The van der Waals surface area contributed by atoms with Crippen LogP contribution in [-0.4, -0.2) is 35.5 Å². The minimum atomic E-state index is -0.493. The number of aliphatic hydroxyl groups is 1. The highest BCUT2D eigenvalue weighted by atomic mass is 16.3. The van der Waals surface area contributed by atoms with Gasteiger partial charge in [-0.1, -0.05) is 12.2 Å². The normalized spacial score (nSPS) is 22.0. The van der Waals surface area contributed by atoms with Crippen LogP contribution in [0, 0.1) is 6.92 Å². The van der Waals surface area contributed by atoms with E-state index in [0.29, 0.717) is 12.2 Å². The minimum absolute atomic E-state index is 0.140. The van der Waals surface area contributed by atoms with Gasteiger partial charge in [0.1, 0.15) is 12.7 Å². The number of hydrogen-bond acceptors (Lipinski definition) is 5. The Bertz CT molecular complexity index is 674. The Morgan fingerprint density at radius 3 is 2.89 bits per heavy atom. The van der Waals surface area contributed by atoms with Crippen LogP contribution in [0.1, 0.15) is 18.0 Å². The van der Waals surface area contributed by atoms with E-state index in [9.17, 15) is 9.90 Å². The van der Waals surface area contributed by atoms with Gasteiger partial charge >= 0.3 is 5.69 Å². The summed E-state index contributed by atoms with van der Waals surface area (Å²) >= 11 is 0. The molecule has 3 rings (SSSR count). The molecule has 0 saturated heterocycles. The molecule has 98 valence electrons. The largest absolute Gasteiger partial charge is 0.389 e. The highest BCUT2D eigenvalue weighted by Gasteiger charge is 2.20. The highest BCUT2D eigenvalue weighted by molar-refractivity contribution is 5.29. The van der Waals surface area contributed by atoms with Crippen LogP contribution in [0.25, 0.3) is 5.82 Å². The van der Waals surface area contributed by atoms with Crippen molar-refractivity contribution in [1.82, 2.24) is 24.3 Å². The second-order valence-corrected chi connectivity index (χ2v) is 4.53. The summed E-state index contributed by atoms with van der Waals surface area (Å²) in [6, 6.07) is -0.140. The van der Waals surface area contributed by atoms with E-state index in [-0.39, 0.29) is 11.7 Å². The van der Waals surface area contributed by atoms with Gasteiger partial charge in [-0.3, -0.25) is 4.57 Å². The molecule has 0 aromatic carbocycles. The van der Waals surface area contributed by atoms with Gasteiger partial charge < -0.3 is 5.11 Å². The molecule has 0 amide bonds. The summed E-state index contributed by atoms with van der Waals surface area (Å²) in [5.41, 5.74) is 0.458. The first-order valence-electron chi connectivity index (χ1n) is 5.96. The molecule has 1 aliphatic rings. The lowest BCUT2D eigenvalue weighted by Crippen LogP contribution is -2.28. The fourth-order valence-electron chi connectivity index (χ4n) is 2.21. The van der Waals surface area contributed by atoms with Crippen LogP contribution >= 0.6 is 0 Å². The number of aromatic nitrogens is 5. The molecule has 1 N–H and O–H groups in total. The van der Waals surface area contributed by atoms with Crippen LogP contribution < -0.4 is 5.69 Å². The molecule has 2 unspecified atom stereocenters. The van der Waals surface area contributed by atoms with E-state index in [1.54, 1.807) is 12.3 Å². The van der Waals surface area contributed by atoms with Gasteiger partial charge in [0, 0.05) is 18.2 Å². The smallest absolute Gasteiger partial charge is 0.350 e. The molecule has 2 heterocycles. The van der Waals surface area contributed by atoms with Crippen LogP contribution in [0.4, 0.5) is 0 Å². The Hall–Kier alpha value is -2.28. The molecule has 7 heteroatoms. The first-order chi connectivity index (χ1) is 9.15. The average Bonchev–Trinajstić information content (AvgIpc) is 3.02. The van der Waals surface area contributed by atoms with Gasteiger partial charge in [-0.05, 0) is 6.92 Å². The maximum absolute atomic E-state index is 12.1. The summed E-state index contributed by atoms with van der Waals surface area (Å²) in [7, 11) is 0. The van der Waals surface area contributed by atoms with E-state index < -0.39 is 6.10 Å². The number of aryl methyl sites for hydroxylation is 1. The van der Waals surface area contributed by atoms with Gasteiger partial charge in [0.25, 0.3) is 0 Å². The number of allylic oxidation sites excluding steroid dienone is 1. The summed E-state index contributed by atoms with van der Waals surface area (Å²) in [6.07, 6.45) is 8.15. The fraction of sp³-hybridized carbons (Fsp3) is 0.333. The molecule has 2 atom stereocenters. The van der Waals surface area contributed by atoms with Gasteiger partial charge in [-0.2, -0.15) is 10.1 Å². The van der Waals surface area contributed by atoms with E-state index in [4.69, 9.17) is 0 Å². The highest BCUT2D eigenvalue weighted by Crippen LogP contribution is 2.22. The standard InChI is InChI=1S/C12H13N5O2/c1-8-5-16(9-2-3-10(18)4-9)12(19)15-11(8)17-7-13-6-14-17/h2-3,5-7,9-10,18H,4H2,1H3. The third-order valence-corrected chi connectivity index (χ3v) is 3.14. The Labute approximate surface area is 108 Å². The zero-order chi connectivity index (χ0) is 13.4. The molecular weight excluding hydrogens is 246 g/mol. The third kappa shape index (κ3) is 2.08. The molecule has 19 heavy (non-hydrogen) atoms. The monoisotopic (exact) mass is 259 g/mol. The summed E-state index contributed by atoms with van der Waals surface area (Å²) in [4.78, 5) is 19.9. The van der Waals surface area contributed by atoms with Crippen molar-refractivity contribution in [3.8, 4) is 5.82 Å². The summed E-state index contributed by atoms with van der Waals surface area (Å²) in [5, 5.41) is 13.4. The van der Waals surface area contributed by atoms with E-state index in [1.165, 1.54) is 21.9 Å². The lowest BCUT2D eigenvalue weighted by Gasteiger charge is -2.14. The number of hydrogen-bond donors (Lipinski definition) is 1. The first-order valence-corrected chi connectivity index (χ1v) is 5.96. The lowest BCUT2D eigenvalue weighted by molar-refractivity contribution is 0.209. The zero-order valence-electron chi connectivity index (χ0n) is 10.3. The molecule has 0 radical (unpaired) electrons. The molecule has 0 bridgehead atoms. The average molecular weight is 259 g/mol. The number of aliphatic hydroxyl groups excluding tert-OH is 1. The molecular formula is C12H13N5O2. The molecule has 0 spiro atoms. The SMILES string of the molecule is Cc1cn(C2C=CC(O)C2)c(=O)nc1-n1cncn1. The van der Waals surface area contributed by atoms with Crippen LogP contribution in [-0.2, 0) is 0 Å². The predicted molar refractivity (Wildman–Crippen MR) is 67.0 cm³/mol. The van der Waals surface area contributed by atoms with Crippen LogP contribution in [0.5, 0.6) is 0 Å². The maximum atomic E-state index is 12.1. The topological polar surface area (TPSA) is 85.8 Å². The van der Waals surface area contributed by atoms with Crippen LogP contribution in [0.3, 0.4) is 0 Å². The van der Waals surface area contributed by atoms with Crippen molar-refractivity contribution in [2.75, 3.05) is 0 Å². The van der Waals surface area contributed by atoms with Gasteiger partial charge in [0.05, 0.1) is 12.1 Å². The Kier molecular flexibility index (Phi) is 2.75. The van der Waals surface area contributed by atoms with Crippen molar-refractivity contribution in [3.63, 3.8) is 0 Å². The predicted octanol–water partition coefficient (Wildman–Crippen LogP) is -0.00568. The third-order valence-electron chi connectivity index (χ3n) is 3.14.